The summed E-state index contributed by atoms with van der Waals surface area (Å²) < 4.78 is 42.8. The van der Waals surface area contributed by atoms with Crippen molar-refractivity contribution in [2.75, 3.05) is 0 Å². The molecule has 3 aromatic rings. The van der Waals surface area contributed by atoms with Gasteiger partial charge in [0.05, 0.1) is 16.5 Å². The van der Waals surface area contributed by atoms with E-state index in [1.165, 1.54) is 24.3 Å². The maximum Gasteiger partial charge on any atom is 0.145 e. The number of fused-ring (bicyclic) bond motifs is 1. The number of halogens is 4. The number of rotatable bonds is 2. The van der Waals surface area contributed by atoms with E-state index in [9.17, 15) is 13.2 Å². The first-order chi connectivity index (χ1) is 9.56. The molecule has 1 heterocycles. The monoisotopic (exact) mass is 339 g/mol. The third-order valence-corrected chi connectivity index (χ3v) is 3.82. The molecule has 0 atom stereocenters. The maximum absolute atomic E-state index is 14.0. The average molecular weight is 340 g/mol. The molecule has 0 aliphatic rings. The molecular formula is C15H9BrF3N. The van der Waals surface area contributed by atoms with E-state index in [1.54, 1.807) is 22.9 Å². The van der Waals surface area contributed by atoms with E-state index in [-0.39, 0.29) is 22.4 Å². The maximum atomic E-state index is 14.0. The first-order valence-electron chi connectivity index (χ1n) is 5.93. The molecule has 0 saturated carbocycles. The van der Waals surface area contributed by atoms with Crippen molar-refractivity contribution in [3.05, 3.63) is 70.1 Å². The lowest BCUT2D eigenvalue weighted by atomic mass is 10.2. The SMILES string of the molecule is Fc1ccc2ccn(Cc3c(F)ccc(Br)c3F)c2c1. The molecule has 5 heteroatoms. The minimum absolute atomic E-state index is 0.00403. The van der Waals surface area contributed by atoms with Crippen molar-refractivity contribution >= 4 is 26.8 Å². The Bertz CT molecular complexity index is 795. The fourth-order valence-electron chi connectivity index (χ4n) is 2.18. The van der Waals surface area contributed by atoms with Crippen LogP contribution in [0.25, 0.3) is 10.9 Å². The number of hydrogen-bond donors (Lipinski definition) is 0. The van der Waals surface area contributed by atoms with Gasteiger partial charge in [0.15, 0.2) is 0 Å². The highest BCUT2D eigenvalue weighted by molar-refractivity contribution is 9.10. The molecule has 0 bridgehead atoms. The fourth-order valence-corrected chi connectivity index (χ4v) is 2.55. The Balaban J connectivity index is 2.10. The summed E-state index contributed by atoms with van der Waals surface area (Å²) >= 11 is 3.03. The molecule has 0 fully saturated rings. The molecule has 1 aromatic heterocycles. The van der Waals surface area contributed by atoms with E-state index in [2.05, 4.69) is 15.9 Å². The molecular weight excluding hydrogens is 331 g/mol. The van der Waals surface area contributed by atoms with Crippen molar-refractivity contribution in [3.63, 3.8) is 0 Å². The minimum Gasteiger partial charge on any atom is -0.343 e. The molecule has 0 N–H and O–H groups in total. The highest BCUT2D eigenvalue weighted by Crippen LogP contribution is 2.24. The van der Waals surface area contributed by atoms with E-state index in [4.69, 9.17) is 0 Å². The summed E-state index contributed by atoms with van der Waals surface area (Å²) in [5.74, 6) is -1.64. The number of aromatic nitrogens is 1. The Hall–Kier alpha value is -1.75. The molecule has 1 nitrogen and oxygen atoms in total. The molecule has 0 radical (unpaired) electrons. The van der Waals surface area contributed by atoms with E-state index < -0.39 is 11.6 Å². The van der Waals surface area contributed by atoms with Gasteiger partial charge in [-0.15, -0.1) is 0 Å². The first kappa shape index (κ1) is 13.2. The Morgan fingerprint density at radius 2 is 1.80 bits per heavy atom. The number of nitrogens with zero attached hydrogens (tertiary/aromatic N) is 1. The highest BCUT2D eigenvalue weighted by Gasteiger charge is 2.14. The third kappa shape index (κ3) is 2.22. The van der Waals surface area contributed by atoms with Crippen molar-refractivity contribution in [2.45, 2.75) is 6.54 Å². The molecule has 0 unspecified atom stereocenters. The van der Waals surface area contributed by atoms with Crippen molar-refractivity contribution in [3.8, 4) is 0 Å². The zero-order valence-electron chi connectivity index (χ0n) is 10.2. The Labute approximate surface area is 121 Å². The second kappa shape index (κ2) is 4.98. The second-order valence-corrected chi connectivity index (χ2v) is 5.32. The van der Waals surface area contributed by atoms with Crippen molar-refractivity contribution in [1.82, 2.24) is 4.57 Å². The molecule has 0 aliphatic heterocycles. The summed E-state index contributed by atoms with van der Waals surface area (Å²) in [6, 6.07) is 8.64. The van der Waals surface area contributed by atoms with Gasteiger partial charge in [-0.05, 0) is 57.7 Å². The average Bonchev–Trinajstić information content (AvgIpc) is 2.81. The van der Waals surface area contributed by atoms with Crippen LogP contribution in [0.15, 0.2) is 47.1 Å². The molecule has 3 rings (SSSR count). The predicted octanol–water partition coefficient (Wildman–Crippen LogP) is 4.87. The van der Waals surface area contributed by atoms with Crippen LogP contribution in [-0.4, -0.2) is 4.57 Å². The number of benzene rings is 2. The van der Waals surface area contributed by atoms with Crippen LogP contribution in [0.3, 0.4) is 0 Å². The van der Waals surface area contributed by atoms with Gasteiger partial charge in [0, 0.05) is 11.8 Å². The summed E-state index contributed by atoms with van der Waals surface area (Å²) in [6.07, 6.45) is 1.68. The van der Waals surface area contributed by atoms with Crippen LogP contribution < -0.4 is 0 Å². The lowest BCUT2D eigenvalue weighted by Gasteiger charge is -2.09. The van der Waals surface area contributed by atoms with Gasteiger partial charge in [0.1, 0.15) is 17.5 Å². The van der Waals surface area contributed by atoms with Crippen LogP contribution in [0.2, 0.25) is 0 Å². The number of hydrogen-bond acceptors (Lipinski definition) is 0. The first-order valence-corrected chi connectivity index (χ1v) is 6.72. The van der Waals surface area contributed by atoms with Gasteiger partial charge in [-0.2, -0.15) is 0 Å². The summed E-state index contributed by atoms with van der Waals surface area (Å²) in [4.78, 5) is 0. The van der Waals surface area contributed by atoms with Crippen molar-refractivity contribution in [2.24, 2.45) is 0 Å². The topological polar surface area (TPSA) is 4.93 Å². The van der Waals surface area contributed by atoms with Crippen LogP contribution in [0.1, 0.15) is 5.56 Å². The molecule has 0 amide bonds. The van der Waals surface area contributed by atoms with Crippen molar-refractivity contribution in [1.29, 1.82) is 0 Å². The largest absolute Gasteiger partial charge is 0.343 e. The molecule has 0 saturated heterocycles. The molecule has 102 valence electrons. The summed E-state index contributed by atoms with van der Waals surface area (Å²) in [5, 5.41) is 0.821. The predicted molar refractivity (Wildman–Crippen MR) is 75.1 cm³/mol. The van der Waals surface area contributed by atoms with Gasteiger partial charge in [-0.25, -0.2) is 13.2 Å². The standard InChI is InChI=1S/C15H9BrF3N/c16-12-3-4-13(18)11(15(12)19)8-20-6-5-9-1-2-10(17)7-14(9)20/h1-7H,8H2. The summed E-state index contributed by atoms with van der Waals surface area (Å²) in [7, 11) is 0. The quantitative estimate of drug-likeness (QED) is 0.587. The minimum atomic E-state index is -0.636. The van der Waals surface area contributed by atoms with Crippen LogP contribution in [-0.2, 0) is 6.54 Å². The Morgan fingerprint density at radius 3 is 2.60 bits per heavy atom. The van der Waals surface area contributed by atoms with Crippen molar-refractivity contribution < 1.29 is 13.2 Å². The molecule has 2 aromatic carbocycles. The van der Waals surface area contributed by atoms with Gasteiger partial charge in [0.25, 0.3) is 0 Å². The van der Waals surface area contributed by atoms with Gasteiger partial charge in [-0.3, -0.25) is 0 Å². The molecule has 20 heavy (non-hydrogen) atoms. The normalized spacial score (nSPS) is 11.2. The Kier molecular flexibility index (Phi) is 3.30. The Morgan fingerprint density at radius 1 is 1.00 bits per heavy atom. The second-order valence-electron chi connectivity index (χ2n) is 4.47. The summed E-state index contributed by atoms with van der Waals surface area (Å²) in [5.41, 5.74) is 0.546. The van der Waals surface area contributed by atoms with Crippen LogP contribution in [0.5, 0.6) is 0 Å². The lowest BCUT2D eigenvalue weighted by molar-refractivity contribution is 0.543. The summed E-state index contributed by atoms with van der Waals surface area (Å²) in [6.45, 7) is 0.00403. The zero-order chi connectivity index (χ0) is 14.3. The van der Waals surface area contributed by atoms with Crippen LogP contribution >= 0.6 is 15.9 Å². The third-order valence-electron chi connectivity index (χ3n) is 3.20. The highest BCUT2D eigenvalue weighted by atomic mass is 79.9. The van der Waals surface area contributed by atoms with E-state index in [1.807, 2.05) is 0 Å². The fraction of sp³-hybridized carbons (Fsp3) is 0.0667. The lowest BCUT2D eigenvalue weighted by Crippen LogP contribution is -2.04. The zero-order valence-corrected chi connectivity index (χ0v) is 11.8. The molecule has 0 spiro atoms. The van der Waals surface area contributed by atoms with E-state index in [0.29, 0.717) is 5.52 Å². The van der Waals surface area contributed by atoms with Gasteiger partial charge >= 0.3 is 0 Å². The molecule has 0 aliphatic carbocycles. The van der Waals surface area contributed by atoms with Crippen LogP contribution in [0.4, 0.5) is 13.2 Å². The van der Waals surface area contributed by atoms with E-state index >= 15 is 0 Å². The van der Waals surface area contributed by atoms with Gasteiger partial charge in [-0.1, -0.05) is 0 Å². The van der Waals surface area contributed by atoms with Crippen LogP contribution in [0, 0.1) is 17.5 Å². The van der Waals surface area contributed by atoms with Gasteiger partial charge in [0.2, 0.25) is 0 Å². The van der Waals surface area contributed by atoms with Gasteiger partial charge < -0.3 is 4.57 Å². The smallest absolute Gasteiger partial charge is 0.145 e. The van der Waals surface area contributed by atoms with E-state index in [0.717, 1.165) is 5.39 Å².